The number of methoxy groups -OCH3 is 1. The van der Waals surface area contributed by atoms with E-state index in [1.807, 2.05) is 0 Å². The SMILES string of the molecule is CCCN(CC(F)(F)F)c1c(N)cccc1C(=O)OC. The van der Waals surface area contributed by atoms with Gasteiger partial charge >= 0.3 is 12.1 Å². The van der Waals surface area contributed by atoms with Crippen LogP contribution in [0.5, 0.6) is 0 Å². The molecule has 0 radical (unpaired) electrons. The second kappa shape index (κ2) is 6.49. The van der Waals surface area contributed by atoms with Crippen molar-refractivity contribution in [3.8, 4) is 0 Å². The maximum atomic E-state index is 12.7. The fourth-order valence-corrected chi connectivity index (χ4v) is 1.95. The fraction of sp³-hybridized carbons (Fsp3) is 0.462. The van der Waals surface area contributed by atoms with E-state index in [4.69, 9.17) is 5.73 Å². The summed E-state index contributed by atoms with van der Waals surface area (Å²) in [7, 11) is 1.17. The lowest BCUT2D eigenvalue weighted by Crippen LogP contribution is -2.36. The van der Waals surface area contributed by atoms with Crippen LogP contribution in [-0.4, -0.2) is 32.3 Å². The minimum absolute atomic E-state index is 0.0326. The highest BCUT2D eigenvalue weighted by molar-refractivity contribution is 5.99. The molecule has 20 heavy (non-hydrogen) atoms. The minimum atomic E-state index is -4.38. The van der Waals surface area contributed by atoms with Crippen LogP contribution >= 0.6 is 0 Å². The number of halogens is 3. The molecule has 0 aliphatic rings. The summed E-state index contributed by atoms with van der Waals surface area (Å²) in [5, 5.41) is 0. The molecule has 2 N–H and O–H groups in total. The fourth-order valence-electron chi connectivity index (χ4n) is 1.95. The number of esters is 1. The number of nitrogens with zero attached hydrogens (tertiary/aromatic N) is 1. The van der Waals surface area contributed by atoms with Gasteiger partial charge in [0.2, 0.25) is 0 Å². The Bertz CT molecular complexity index is 475. The van der Waals surface area contributed by atoms with E-state index in [-0.39, 0.29) is 23.5 Å². The summed E-state index contributed by atoms with van der Waals surface area (Å²) in [6, 6.07) is 4.36. The molecule has 1 aromatic carbocycles. The molecule has 4 nitrogen and oxygen atoms in total. The molecular formula is C13H17F3N2O2. The summed E-state index contributed by atoms with van der Waals surface area (Å²) in [6.07, 6.45) is -3.89. The van der Waals surface area contributed by atoms with Gasteiger partial charge in [-0.15, -0.1) is 0 Å². The van der Waals surface area contributed by atoms with Crippen molar-refractivity contribution >= 4 is 17.3 Å². The van der Waals surface area contributed by atoms with Crippen LogP contribution in [0.15, 0.2) is 18.2 Å². The predicted octanol–water partition coefficient (Wildman–Crippen LogP) is 2.83. The number of ether oxygens (including phenoxy) is 1. The number of benzene rings is 1. The number of nitrogen functional groups attached to an aromatic ring is 1. The summed E-state index contributed by atoms with van der Waals surface area (Å²) in [5.41, 5.74) is 5.96. The van der Waals surface area contributed by atoms with Gasteiger partial charge in [0.05, 0.1) is 24.0 Å². The van der Waals surface area contributed by atoms with Crippen molar-refractivity contribution in [2.75, 3.05) is 30.8 Å². The first kappa shape index (κ1) is 16.1. The van der Waals surface area contributed by atoms with E-state index in [1.165, 1.54) is 25.3 Å². The molecule has 0 saturated carbocycles. The third kappa shape index (κ3) is 4.04. The van der Waals surface area contributed by atoms with Crippen LogP contribution in [0.1, 0.15) is 23.7 Å². The second-order valence-electron chi connectivity index (χ2n) is 4.27. The Hall–Kier alpha value is -1.92. The standard InChI is InChI=1S/C13H17F3N2O2/c1-3-7-18(8-13(14,15)16)11-9(12(19)20-2)5-4-6-10(11)17/h4-6H,3,7-8,17H2,1-2H3. The molecule has 0 atom stereocenters. The van der Waals surface area contributed by atoms with Gasteiger partial charge in [-0.2, -0.15) is 13.2 Å². The molecule has 7 heteroatoms. The van der Waals surface area contributed by atoms with Crippen molar-refractivity contribution in [2.45, 2.75) is 19.5 Å². The van der Waals surface area contributed by atoms with E-state index in [0.717, 1.165) is 4.90 Å². The Morgan fingerprint density at radius 2 is 2.05 bits per heavy atom. The smallest absolute Gasteiger partial charge is 0.405 e. The molecule has 0 heterocycles. The summed E-state index contributed by atoms with van der Waals surface area (Å²) in [5.74, 6) is -0.712. The van der Waals surface area contributed by atoms with Crippen LogP contribution in [0.4, 0.5) is 24.5 Å². The van der Waals surface area contributed by atoms with E-state index < -0.39 is 18.7 Å². The molecular weight excluding hydrogens is 273 g/mol. The Balaban J connectivity index is 3.27. The Kier molecular flexibility index (Phi) is 5.24. The van der Waals surface area contributed by atoms with E-state index in [1.54, 1.807) is 6.92 Å². The van der Waals surface area contributed by atoms with Gasteiger partial charge < -0.3 is 15.4 Å². The van der Waals surface area contributed by atoms with E-state index in [2.05, 4.69) is 4.74 Å². The molecule has 0 aliphatic heterocycles. The molecule has 112 valence electrons. The van der Waals surface area contributed by atoms with Crippen LogP contribution < -0.4 is 10.6 Å². The molecule has 0 spiro atoms. The highest BCUT2D eigenvalue weighted by atomic mass is 19.4. The zero-order valence-electron chi connectivity index (χ0n) is 11.3. The van der Waals surface area contributed by atoms with Crippen LogP contribution in [0.2, 0.25) is 0 Å². The van der Waals surface area contributed by atoms with Crippen LogP contribution in [0.3, 0.4) is 0 Å². The average molecular weight is 290 g/mol. The number of hydrogen-bond donors (Lipinski definition) is 1. The largest absolute Gasteiger partial charge is 0.465 e. The third-order valence-electron chi connectivity index (χ3n) is 2.65. The second-order valence-corrected chi connectivity index (χ2v) is 4.27. The molecule has 0 aromatic heterocycles. The number of anilines is 2. The Labute approximate surface area is 115 Å². The van der Waals surface area contributed by atoms with Crippen molar-refractivity contribution in [1.82, 2.24) is 0 Å². The molecule has 1 rings (SSSR count). The zero-order chi connectivity index (χ0) is 15.3. The van der Waals surface area contributed by atoms with Gasteiger partial charge in [-0.3, -0.25) is 0 Å². The zero-order valence-corrected chi connectivity index (χ0v) is 11.3. The number of hydrogen-bond acceptors (Lipinski definition) is 4. The van der Waals surface area contributed by atoms with Gasteiger partial charge in [0.1, 0.15) is 6.54 Å². The predicted molar refractivity (Wildman–Crippen MR) is 70.8 cm³/mol. The molecule has 0 saturated heterocycles. The molecule has 0 bridgehead atoms. The third-order valence-corrected chi connectivity index (χ3v) is 2.65. The number of alkyl halides is 3. The van der Waals surface area contributed by atoms with Crippen LogP contribution in [0, 0.1) is 0 Å². The highest BCUT2D eigenvalue weighted by Crippen LogP contribution is 2.31. The number of carbonyl (C=O) groups is 1. The van der Waals surface area contributed by atoms with Gasteiger partial charge in [-0.25, -0.2) is 4.79 Å². The lowest BCUT2D eigenvalue weighted by Gasteiger charge is -2.28. The van der Waals surface area contributed by atoms with Gasteiger partial charge in [0, 0.05) is 6.54 Å². The van der Waals surface area contributed by atoms with Crippen LogP contribution in [-0.2, 0) is 4.74 Å². The van der Waals surface area contributed by atoms with E-state index in [0.29, 0.717) is 6.42 Å². The Morgan fingerprint density at radius 1 is 1.40 bits per heavy atom. The van der Waals surface area contributed by atoms with E-state index in [9.17, 15) is 18.0 Å². The maximum absolute atomic E-state index is 12.7. The first-order valence-corrected chi connectivity index (χ1v) is 6.08. The van der Waals surface area contributed by atoms with Crippen molar-refractivity contribution in [3.63, 3.8) is 0 Å². The monoisotopic (exact) mass is 290 g/mol. The van der Waals surface area contributed by atoms with Gasteiger partial charge in [0.25, 0.3) is 0 Å². The maximum Gasteiger partial charge on any atom is 0.405 e. The number of nitrogens with two attached hydrogens (primary N) is 1. The topological polar surface area (TPSA) is 55.6 Å². The summed E-state index contributed by atoms with van der Waals surface area (Å²) in [6.45, 7) is 0.719. The van der Waals surface area contributed by atoms with Crippen molar-refractivity contribution in [3.05, 3.63) is 23.8 Å². The van der Waals surface area contributed by atoms with Gasteiger partial charge in [-0.05, 0) is 18.6 Å². The lowest BCUT2D eigenvalue weighted by atomic mass is 10.1. The van der Waals surface area contributed by atoms with Gasteiger partial charge in [-0.1, -0.05) is 13.0 Å². The molecule has 1 aromatic rings. The van der Waals surface area contributed by atoms with Gasteiger partial charge in [0.15, 0.2) is 0 Å². The first-order valence-electron chi connectivity index (χ1n) is 6.08. The molecule has 0 fully saturated rings. The lowest BCUT2D eigenvalue weighted by molar-refractivity contribution is -0.119. The summed E-state index contributed by atoms with van der Waals surface area (Å²) in [4.78, 5) is 12.7. The number of carbonyl (C=O) groups excluding carboxylic acids is 1. The number of rotatable bonds is 5. The first-order chi connectivity index (χ1) is 9.30. The van der Waals surface area contributed by atoms with E-state index >= 15 is 0 Å². The number of para-hydroxylation sites is 1. The van der Waals surface area contributed by atoms with Crippen LogP contribution in [0.25, 0.3) is 0 Å². The Morgan fingerprint density at radius 3 is 2.55 bits per heavy atom. The molecule has 0 unspecified atom stereocenters. The normalized spacial score (nSPS) is 11.2. The summed E-state index contributed by atoms with van der Waals surface area (Å²) < 4.78 is 42.6. The molecule has 0 aliphatic carbocycles. The average Bonchev–Trinajstić information content (AvgIpc) is 2.35. The van der Waals surface area contributed by atoms with Crippen molar-refractivity contribution in [1.29, 1.82) is 0 Å². The van der Waals surface area contributed by atoms with Crippen molar-refractivity contribution < 1.29 is 22.7 Å². The van der Waals surface area contributed by atoms with Crippen molar-refractivity contribution in [2.24, 2.45) is 0 Å². The quantitative estimate of drug-likeness (QED) is 0.669. The highest BCUT2D eigenvalue weighted by Gasteiger charge is 2.32. The molecule has 0 amide bonds. The minimum Gasteiger partial charge on any atom is -0.465 e. The summed E-state index contributed by atoms with van der Waals surface area (Å²) >= 11 is 0.